The topological polar surface area (TPSA) is 38.7 Å². The number of halogens is 1. The lowest BCUT2D eigenvalue weighted by molar-refractivity contribution is 1.20. The molecule has 4 rings (SSSR count). The smallest absolute Gasteiger partial charge is 0.109 e. The molecule has 0 amide bonds. The largest absolute Gasteiger partial charge is 0.264 e. The Morgan fingerprint density at radius 2 is 1.61 bits per heavy atom. The minimum atomic E-state index is 0.851. The highest BCUT2D eigenvalue weighted by molar-refractivity contribution is 9.10. The first kappa shape index (κ1) is 18.3. The molecule has 0 bridgehead atoms. The molecule has 3 nitrogen and oxygen atoms in total. The molecule has 1 aromatic carbocycles. The van der Waals surface area contributed by atoms with Gasteiger partial charge < -0.3 is 0 Å². The van der Waals surface area contributed by atoms with Crippen LogP contribution in [0.15, 0.2) is 84.0 Å². The lowest BCUT2D eigenvalue weighted by Gasteiger charge is -2.10. The SMILES string of the molecule is Cc1cc(-c2ncc(-c3cccnc3)cc2C=Cc2ccccc2)cnc1Br. The molecule has 0 atom stereocenters. The van der Waals surface area contributed by atoms with Crippen molar-refractivity contribution in [2.45, 2.75) is 6.92 Å². The predicted octanol–water partition coefficient (Wildman–Crippen LogP) is 6.45. The second-order valence-electron chi connectivity index (χ2n) is 6.48. The van der Waals surface area contributed by atoms with E-state index in [2.05, 4.69) is 62.3 Å². The Bertz CT molecular complexity index is 1120. The van der Waals surface area contributed by atoms with Crippen LogP contribution in [0.1, 0.15) is 16.7 Å². The molecule has 0 aliphatic rings. The zero-order valence-electron chi connectivity index (χ0n) is 15.4. The van der Waals surface area contributed by atoms with Crippen LogP contribution in [0.2, 0.25) is 0 Å². The van der Waals surface area contributed by atoms with Crippen molar-refractivity contribution in [1.29, 1.82) is 0 Å². The van der Waals surface area contributed by atoms with Crippen molar-refractivity contribution < 1.29 is 0 Å². The van der Waals surface area contributed by atoms with Gasteiger partial charge in [-0.15, -0.1) is 0 Å². The van der Waals surface area contributed by atoms with E-state index >= 15 is 0 Å². The second-order valence-corrected chi connectivity index (χ2v) is 7.23. The predicted molar refractivity (Wildman–Crippen MR) is 119 cm³/mol. The van der Waals surface area contributed by atoms with Gasteiger partial charge in [0.1, 0.15) is 4.60 Å². The van der Waals surface area contributed by atoms with Gasteiger partial charge >= 0.3 is 0 Å². The van der Waals surface area contributed by atoms with Crippen molar-refractivity contribution in [3.63, 3.8) is 0 Å². The Kier molecular flexibility index (Phi) is 5.40. The maximum atomic E-state index is 4.77. The summed E-state index contributed by atoms with van der Waals surface area (Å²) in [5.74, 6) is 0. The van der Waals surface area contributed by atoms with E-state index in [4.69, 9.17) is 4.98 Å². The third-order valence-electron chi connectivity index (χ3n) is 4.45. The Morgan fingerprint density at radius 3 is 2.36 bits per heavy atom. The number of aryl methyl sites for hydroxylation is 1. The maximum Gasteiger partial charge on any atom is 0.109 e. The van der Waals surface area contributed by atoms with Gasteiger partial charge in [-0.05, 0) is 52.2 Å². The molecular formula is C24H18BrN3. The molecule has 0 N–H and O–H groups in total. The van der Waals surface area contributed by atoms with Crippen molar-refractivity contribution in [2.75, 3.05) is 0 Å². The van der Waals surface area contributed by atoms with Crippen LogP contribution in [0, 0.1) is 6.92 Å². The number of benzene rings is 1. The molecule has 0 aliphatic heterocycles. The first-order valence-corrected chi connectivity index (χ1v) is 9.76. The van der Waals surface area contributed by atoms with E-state index < -0.39 is 0 Å². The van der Waals surface area contributed by atoms with E-state index in [9.17, 15) is 0 Å². The first-order chi connectivity index (χ1) is 13.7. The monoisotopic (exact) mass is 427 g/mol. The van der Waals surface area contributed by atoms with E-state index in [1.807, 2.05) is 55.8 Å². The lowest BCUT2D eigenvalue weighted by Crippen LogP contribution is -1.93. The van der Waals surface area contributed by atoms with Crippen LogP contribution >= 0.6 is 15.9 Å². The number of hydrogen-bond donors (Lipinski definition) is 0. The van der Waals surface area contributed by atoms with Gasteiger partial charge in [-0.1, -0.05) is 48.6 Å². The number of pyridine rings is 3. The lowest BCUT2D eigenvalue weighted by atomic mass is 10.0. The third kappa shape index (κ3) is 4.07. The average Bonchev–Trinajstić information content (AvgIpc) is 2.75. The molecule has 3 aromatic heterocycles. The third-order valence-corrected chi connectivity index (χ3v) is 5.28. The molecule has 0 aliphatic carbocycles. The fourth-order valence-corrected chi connectivity index (χ4v) is 3.20. The summed E-state index contributed by atoms with van der Waals surface area (Å²) in [7, 11) is 0. The summed E-state index contributed by atoms with van der Waals surface area (Å²) in [6.45, 7) is 2.03. The molecule has 3 heterocycles. The van der Waals surface area contributed by atoms with Gasteiger partial charge in [0.05, 0.1) is 5.69 Å². The summed E-state index contributed by atoms with van der Waals surface area (Å²) in [4.78, 5) is 13.4. The van der Waals surface area contributed by atoms with E-state index in [1.54, 1.807) is 6.20 Å². The van der Waals surface area contributed by atoms with Crippen molar-refractivity contribution in [3.05, 3.63) is 101 Å². The molecule has 0 radical (unpaired) electrons. The molecule has 0 saturated heterocycles. The average molecular weight is 428 g/mol. The molecule has 0 spiro atoms. The standard InChI is InChI=1S/C24H18BrN3/c1-17-12-22(16-28-24(17)25)23-19(10-9-18-6-3-2-4-7-18)13-21(15-27-23)20-8-5-11-26-14-20/h2-16H,1H3. The summed E-state index contributed by atoms with van der Waals surface area (Å²) < 4.78 is 0.851. The molecule has 4 heteroatoms. The van der Waals surface area contributed by atoms with Crippen LogP contribution < -0.4 is 0 Å². The van der Waals surface area contributed by atoms with Gasteiger partial charge in [-0.3, -0.25) is 9.97 Å². The van der Waals surface area contributed by atoms with Crippen molar-refractivity contribution in [2.24, 2.45) is 0 Å². The van der Waals surface area contributed by atoms with Crippen molar-refractivity contribution in [3.8, 4) is 22.4 Å². The molecule has 0 saturated carbocycles. The summed E-state index contributed by atoms with van der Waals surface area (Å²) in [6.07, 6.45) is 11.6. The summed E-state index contributed by atoms with van der Waals surface area (Å²) in [5, 5.41) is 0. The highest BCUT2D eigenvalue weighted by atomic mass is 79.9. The minimum absolute atomic E-state index is 0.851. The quantitative estimate of drug-likeness (QED) is 0.351. The van der Waals surface area contributed by atoms with Crippen LogP contribution in [0.4, 0.5) is 0 Å². The molecule has 0 unspecified atom stereocenters. The summed E-state index contributed by atoms with van der Waals surface area (Å²) >= 11 is 3.47. The number of aromatic nitrogens is 3. The highest BCUT2D eigenvalue weighted by Crippen LogP contribution is 2.29. The van der Waals surface area contributed by atoms with Gasteiger partial charge in [-0.25, -0.2) is 4.98 Å². The number of hydrogen-bond acceptors (Lipinski definition) is 3. The normalized spacial score (nSPS) is 11.1. The van der Waals surface area contributed by atoms with Crippen LogP contribution in [0.3, 0.4) is 0 Å². The fourth-order valence-electron chi connectivity index (χ4n) is 2.98. The molecular weight excluding hydrogens is 410 g/mol. The summed E-state index contributed by atoms with van der Waals surface area (Å²) in [6, 6.07) is 18.5. The van der Waals surface area contributed by atoms with Crippen LogP contribution in [-0.2, 0) is 0 Å². The van der Waals surface area contributed by atoms with Gasteiger partial charge in [0.25, 0.3) is 0 Å². The van der Waals surface area contributed by atoms with Crippen LogP contribution in [0.25, 0.3) is 34.5 Å². The Balaban J connectivity index is 1.82. The summed E-state index contributed by atoms with van der Waals surface area (Å²) in [5.41, 5.74) is 7.23. The molecule has 4 aromatic rings. The second kappa shape index (κ2) is 8.28. The molecule has 28 heavy (non-hydrogen) atoms. The maximum absolute atomic E-state index is 4.77. The zero-order chi connectivity index (χ0) is 19.3. The van der Waals surface area contributed by atoms with Gasteiger partial charge in [0, 0.05) is 47.0 Å². The Labute approximate surface area is 173 Å². The first-order valence-electron chi connectivity index (χ1n) is 8.97. The highest BCUT2D eigenvalue weighted by Gasteiger charge is 2.10. The Hall–Kier alpha value is -3.11. The van der Waals surface area contributed by atoms with E-state index in [0.717, 1.165) is 43.7 Å². The van der Waals surface area contributed by atoms with Crippen molar-refractivity contribution >= 4 is 28.1 Å². The molecule has 0 fully saturated rings. The Morgan fingerprint density at radius 1 is 0.786 bits per heavy atom. The van der Waals surface area contributed by atoms with E-state index in [-0.39, 0.29) is 0 Å². The van der Waals surface area contributed by atoms with Crippen LogP contribution in [-0.4, -0.2) is 15.0 Å². The number of rotatable bonds is 4. The molecule has 136 valence electrons. The van der Waals surface area contributed by atoms with E-state index in [1.165, 1.54) is 0 Å². The van der Waals surface area contributed by atoms with Crippen molar-refractivity contribution in [1.82, 2.24) is 15.0 Å². The zero-order valence-corrected chi connectivity index (χ0v) is 17.0. The van der Waals surface area contributed by atoms with Gasteiger partial charge in [0.2, 0.25) is 0 Å². The van der Waals surface area contributed by atoms with E-state index in [0.29, 0.717) is 0 Å². The van der Waals surface area contributed by atoms with Gasteiger partial charge in [0.15, 0.2) is 0 Å². The van der Waals surface area contributed by atoms with Crippen LogP contribution in [0.5, 0.6) is 0 Å². The minimum Gasteiger partial charge on any atom is -0.264 e. The fraction of sp³-hybridized carbons (Fsp3) is 0.0417. The van der Waals surface area contributed by atoms with Gasteiger partial charge in [-0.2, -0.15) is 0 Å². The number of nitrogens with zero attached hydrogens (tertiary/aromatic N) is 3.